The van der Waals surface area contributed by atoms with Crippen molar-refractivity contribution in [3.05, 3.63) is 29.3 Å². The molecule has 0 saturated heterocycles. The molecule has 0 radical (unpaired) electrons. The predicted molar refractivity (Wildman–Crippen MR) is 99.6 cm³/mol. The Hall–Kier alpha value is -0.898. The van der Waals surface area contributed by atoms with Crippen LogP contribution in [0.3, 0.4) is 0 Å². The van der Waals surface area contributed by atoms with Crippen molar-refractivity contribution in [1.29, 1.82) is 0 Å². The Morgan fingerprint density at radius 1 is 1.24 bits per heavy atom. The van der Waals surface area contributed by atoms with Gasteiger partial charge >= 0.3 is 164 Å². The van der Waals surface area contributed by atoms with Crippen LogP contribution < -0.4 is 9.97 Å². The van der Waals surface area contributed by atoms with Crippen molar-refractivity contribution in [2.45, 2.75) is 41.0 Å². The number of carboxylic acids is 1. The van der Waals surface area contributed by atoms with Crippen LogP contribution in [0.2, 0.25) is 9.41 Å². The molecule has 1 aromatic rings. The SMILES string of the molecule is O=C(O)c1cccc2c1OB(O)[C@@H](NC(=O)[C@@H]1CC[C@@H]([AsH2])[C@H]([AsH2])C1)C2. The number of carboxylic acid groups (broad SMARTS) is 1. The van der Waals surface area contributed by atoms with E-state index in [-0.39, 0.29) is 23.1 Å². The van der Waals surface area contributed by atoms with E-state index >= 15 is 0 Å². The van der Waals surface area contributed by atoms with Crippen molar-refractivity contribution in [3.8, 4) is 5.75 Å². The van der Waals surface area contributed by atoms with Gasteiger partial charge in [-0.3, -0.25) is 0 Å². The van der Waals surface area contributed by atoms with Gasteiger partial charge in [-0.2, -0.15) is 0 Å². The molecule has 2 aliphatic rings. The van der Waals surface area contributed by atoms with Crippen molar-refractivity contribution in [1.82, 2.24) is 5.32 Å². The molecule has 0 aromatic heterocycles. The molecule has 134 valence electrons. The number of benzene rings is 1. The summed E-state index contributed by atoms with van der Waals surface area (Å²) in [5.74, 6) is -1.51. The summed E-state index contributed by atoms with van der Waals surface area (Å²) in [6, 6.07) is 4.86. The predicted octanol–water partition coefficient (Wildman–Crippen LogP) is -0.533. The van der Waals surface area contributed by atoms with Crippen LogP contribution in [0.1, 0.15) is 35.2 Å². The van der Waals surface area contributed by atoms with Crippen LogP contribution in [0, 0.1) is 5.92 Å². The number of hydrogen-bond acceptors (Lipinski definition) is 4. The summed E-state index contributed by atoms with van der Waals surface area (Å²) < 4.78 is 6.75. The third-order valence-electron chi connectivity index (χ3n) is 5.00. The second-order valence-electron chi connectivity index (χ2n) is 6.76. The Labute approximate surface area is 164 Å². The van der Waals surface area contributed by atoms with E-state index in [1.54, 1.807) is 45.8 Å². The monoisotopic (exact) mass is 469 g/mol. The molecular formula is C16H22As2BNO5. The molecule has 1 fully saturated rings. The molecule has 2 unspecified atom stereocenters. The minimum absolute atomic E-state index is 0.0113. The van der Waals surface area contributed by atoms with Crippen LogP contribution in [0.15, 0.2) is 18.2 Å². The quantitative estimate of drug-likeness (QED) is 0.518. The van der Waals surface area contributed by atoms with Crippen molar-refractivity contribution in [2.75, 3.05) is 0 Å². The van der Waals surface area contributed by atoms with Gasteiger partial charge in [0.25, 0.3) is 0 Å². The summed E-state index contributed by atoms with van der Waals surface area (Å²) >= 11 is 3.46. The van der Waals surface area contributed by atoms with E-state index in [0.717, 1.165) is 24.0 Å². The van der Waals surface area contributed by atoms with Crippen molar-refractivity contribution >= 4 is 52.7 Å². The van der Waals surface area contributed by atoms with Crippen molar-refractivity contribution in [3.63, 3.8) is 0 Å². The van der Waals surface area contributed by atoms with E-state index < -0.39 is 19.0 Å². The molecule has 3 N–H and O–H groups in total. The summed E-state index contributed by atoms with van der Waals surface area (Å²) in [5.41, 5.74) is 0.715. The van der Waals surface area contributed by atoms with Gasteiger partial charge in [-0.25, -0.2) is 0 Å². The number of para-hydroxylation sites is 1. The van der Waals surface area contributed by atoms with E-state index in [1.807, 2.05) is 0 Å². The molecule has 1 aromatic carbocycles. The number of rotatable bonds is 3. The van der Waals surface area contributed by atoms with Crippen molar-refractivity contribution < 1.29 is 24.4 Å². The third-order valence-corrected chi connectivity index (χ3v) is 10.3. The Morgan fingerprint density at radius 3 is 2.68 bits per heavy atom. The molecule has 1 heterocycles. The number of amides is 1. The number of carbonyl (C=O) groups is 2. The standard InChI is InChI=1S/C16H22As2BNO5/c17-11-5-4-9(6-12(11)18)15(21)20-13-7-8-2-1-3-10(16(22)23)14(8)25-19(13)24/h1-3,9,11-13,24H,4-7,17-18H2,(H,20,21)(H,22,23)/t9-,11-,12-,13+/m1/s1. The maximum absolute atomic E-state index is 12.6. The topological polar surface area (TPSA) is 95.9 Å². The average molecular weight is 469 g/mol. The minimum atomic E-state index is -1.25. The van der Waals surface area contributed by atoms with Crippen LogP contribution in [-0.4, -0.2) is 68.8 Å². The summed E-state index contributed by atoms with van der Waals surface area (Å²) in [6.07, 6.45) is 3.22. The molecule has 0 spiro atoms. The summed E-state index contributed by atoms with van der Waals surface area (Å²) in [7, 11) is -1.25. The fraction of sp³-hybridized carbons (Fsp3) is 0.500. The summed E-state index contributed by atoms with van der Waals surface area (Å²) in [6.45, 7) is 0. The molecule has 1 aliphatic heterocycles. The summed E-state index contributed by atoms with van der Waals surface area (Å²) in [5, 5.41) is 22.4. The van der Waals surface area contributed by atoms with Crippen molar-refractivity contribution in [2.24, 2.45) is 5.92 Å². The van der Waals surface area contributed by atoms with Crippen LogP contribution in [-0.2, 0) is 11.2 Å². The molecule has 0 bridgehead atoms. The Morgan fingerprint density at radius 2 is 2.00 bits per heavy atom. The van der Waals surface area contributed by atoms with Gasteiger partial charge in [0, 0.05) is 0 Å². The first kappa shape index (κ1) is 18.9. The van der Waals surface area contributed by atoms with Gasteiger partial charge < -0.3 is 0 Å². The van der Waals surface area contributed by atoms with E-state index in [0.29, 0.717) is 16.7 Å². The van der Waals surface area contributed by atoms with E-state index in [2.05, 4.69) is 5.32 Å². The Balaban J connectivity index is 1.69. The van der Waals surface area contributed by atoms with Gasteiger partial charge in [0.05, 0.1) is 0 Å². The zero-order chi connectivity index (χ0) is 18.1. The first-order chi connectivity index (χ1) is 11.9. The molecule has 1 aliphatic carbocycles. The van der Waals surface area contributed by atoms with Crippen LogP contribution in [0.4, 0.5) is 0 Å². The van der Waals surface area contributed by atoms with Gasteiger partial charge in [0.15, 0.2) is 0 Å². The number of carbonyl (C=O) groups excluding carboxylic acids is 1. The van der Waals surface area contributed by atoms with E-state index in [9.17, 15) is 19.7 Å². The zero-order valence-electron chi connectivity index (χ0n) is 13.7. The second kappa shape index (κ2) is 7.77. The van der Waals surface area contributed by atoms with Crippen LogP contribution in [0.5, 0.6) is 5.75 Å². The Kier molecular flexibility index (Phi) is 5.87. The Bertz CT molecular complexity index is 688. The molecule has 6 atom stereocenters. The number of nitrogens with one attached hydrogen (secondary N) is 1. The van der Waals surface area contributed by atoms with Gasteiger partial charge in [-0.15, -0.1) is 0 Å². The van der Waals surface area contributed by atoms with Crippen LogP contribution in [0.25, 0.3) is 0 Å². The molecule has 1 saturated carbocycles. The van der Waals surface area contributed by atoms with E-state index in [4.69, 9.17) is 4.65 Å². The summed E-state index contributed by atoms with van der Waals surface area (Å²) in [4.78, 5) is 23.9. The second-order valence-corrected chi connectivity index (χ2v) is 10.4. The normalized spacial score (nSPS) is 28.7. The van der Waals surface area contributed by atoms with Gasteiger partial charge in [0.1, 0.15) is 0 Å². The fourth-order valence-electron chi connectivity index (χ4n) is 3.48. The first-order valence-electron chi connectivity index (χ1n) is 8.38. The molecule has 3 rings (SSSR count). The average Bonchev–Trinajstić information content (AvgIpc) is 2.57. The number of hydrogen-bond donors (Lipinski definition) is 3. The number of aromatic carboxylic acids is 1. The maximum atomic E-state index is 12.6. The van der Waals surface area contributed by atoms with Gasteiger partial charge in [0.2, 0.25) is 0 Å². The molecule has 1 amide bonds. The van der Waals surface area contributed by atoms with Gasteiger partial charge in [-0.05, 0) is 0 Å². The van der Waals surface area contributed by atoms with Crippen LogP contribution >= 0.6 is 0 Å². The number of fused-ring (bicyclic) bond motifs is 1. The first-order valence-corrected chi connectivity index (χ1v) is 11.2. The van der Waals surface area contributed by atoms with Gasteiger partial charge in [-0.1, -0.05) is 0 Å². The molecule has 6 nitrogen and oxygen atoms in total. The van der Waals surface area contributed by atoms with E-state index in [1.165, 1.54) is 6.07 Å². The molecule has 25 heavy (non-hydrogen) atoms. The molecule has 9 heteroatoms. The molecular weight excluding hydrogens is 447 g/mol. The zero-order valence-corrected chi connectivity index (χ0v) is 18.6. The fourth-order valence-corrected chi connectivity index (χ4v) is 5.31. The third kappa shape index (κ3) is 4.10.